The molecule has 5 heteroatoms. The first-order valence-electron chi connectivity index (χ1n) is 6.15. The first-order valence-corrected chi connectivity index (χ1v) is 6.97. The fourth-order valence-corrected chi connectivity index (χ4v) is 2.97. The summed E-state index contributed by atoms with van der Waals surface area (Å²) >= 11 is 1.67. The zero-order valence-corrected chi connectivity index (χ0v) is 11.1. The largest absolute Gasteiger partial charge is 0.497 e. The van der Waals surface area contributed by atoms with Gasteiger partial charge in [-0.2, -0.15) is 0 Å². The van der Waals surface area contributed by atoms with Crippen LogP contribution in [0.5, 0.6) is 5.75 Å². The van der Waals surface area contributed by atoms with Crippen molar-refractivity contribution in [3.63, 3.8) is 0 Å². The molecule has 1 atom stereocenters. The van der Waals surface area contributed by atoms with Gasteiger partial charge in [-0.05, 0) is 25.0 Å². The predicted octanol–water partition coefficient (Wildman–Crippen LogP) is 2.90. The third kappa shape index (κ3) is 2.42. The van der Waals surface area contributed by atoms with E-state index in [1.165, 1.54) is 11.1 Å². The van der Waals surface area contributed by atoms with Crippen molar-refractivity contribution in [3.05, 3.63) is 18.2 Å². The molecule has 0 spiro atoms. The highest BCUT2D eigenvalue weighted by Crippen LogP contribution is 2.29. The van der Waals surface area contributed by atoms with Crippen LogP contribution in [0.2, 0.25) is 0 Å². The van der Waals surface area contributed by atoms with Gasteiger partial charge in [0.05, 0.1) is 23.4 Å². The van der Waals surface area contributed by atoms with Crippen molar-refractivity contribution in [2.75, 3.05) is 25.6 Å². The van der Waals surface area contributed by atoms with Gasteiger partial charge in [-0.15, -0.1) is 0 Å². The number of hydrogen-bond donors (Lipinski definition) is 1. The van der Waals surface area contributed by atoms with Crippen molar-refractivity contribution in [2.24, 2.45) is 0 Å². The number of anilines is 1. The molecule has 1 aliphatic rings. The number of nitrogens with one attached hydrogen (secondary N) is 1. The molecule has 1 saturated heterocycles. The van der Waals surface area contributed by atoms with Crippen LogP contribution in [0.25, 0.3) is 10.2 Å². The van der Waals surface area contributed by atoms with Crippen molar-refractivity contribution in [2.45, 2.75) is 18.9 Å². The number of thiazole rings is 1. The van der Waals surface area contributed by atoms with Crippen molar-refractivity contribution in [3.8, 4) is 5.75 Å². The molecule has 1 aromatic carbocycles. The van der Waals surface area contributed by atoms with E-state index in [0.717, 1.165) is 36.0 Å². The van der Waals surface area contributed by atoms with Crippen LogP contribution in [0.3, 0.4) is 0 Å². The number of benzene rings is 1. The molecule has 1 fully saturated rings. The van der Waals surface area contributed by atoms with Crippen molar-refractivity contribution in [1.29, 1.82) is 0 Å². The van der Waals surface area contributed by atoms with Crippen LogP contribution in [0.15, 0.2) is 18.2 Å². The molecule has 1 aromatic heterocycles. The van der Waals surface area contributed by atoms with Gasteiger partial charge < -0.3 is 14.8 Å². The lowest BCUT2D eigenvalue weighted by Gasteiger charge is -2.08. The molecule has 18 heavy (non-hydrogen) atoms. The van der Waals surface area contributed by atoms with E-state index in [-0.39, 0.29) is 0 Å². The SMILES string of the molecule is COc1ccc2sc(NC[C@H]3CCCO3)nc2c1. The van der Waals surface area contributed by atoms with Crippen molar-refractivity contribution in [1.82, 2.24) is 4.98 Å². The summed E-state index contributed by atoms with van der Waals surface area (Å²) in [5.74, 6) is 0.846. The van der Waals surface area contributed by atoms with Gasteiger partial charge in [-0.25, -0.2) is 4.98 Å². The Kier molecular flexibility index (Phi) is 3.34. The lowest BCUT2D eigenvalue weighted by atomic mass is 10.2. The molecule has 0 amide bonds. The van der Waals surface area contributed by atoms with Gasteiger partial charge in [0.25, 0.3) is 0 Å². The molecule has 3 rings (SSSR count). The highest BCUT2D eigenvalue weighted by molar-refractivity contribution is 7.22. The van der Waals surface area contributed by atoms with Gasteiger partial charge in [-0.1, -0.05) is 11.3 Å². The average molecular weight is 264 g/mol. The lowest BCUT2D eigenvalue weighted by Crippen LogP contribution is -2.18. The molecule has 0 bridgehead atoms. The molecule has 1 aliphatic heterocycles. The molecule has 96 valence electrons. The highest BCUT2D eigenvalue weighted by Gasteiger charge is 2.15. The summed E-state index contributed by atoms with van der Waals surface area (Å²) in [6.07, 6.45) is 2.65. The summed E-state index contributed by atoms with van der Waals surface area (Å²) < 4.78 is 11.9. The molecule has 2 heterocycles. The molecule has 1 N–H and O–H groups in total. The maximum Gasteiger partial charge on any atom is 0.183 e. The maximum absolute atomic E-state index is 5.58. The molecule has 0 radical (unpaired) electrons. The molecule has 0 aliphatic carbocycles. The zero-order chi connectivity index (χ0) is 12.4. The standard InChI is InChI=1S/C13H16N2O2S/c1-16-9-4-5-12-11(7-9)15-13(18-12)14-8-10-3-2-6-17-10/h4-5,7,10H,2-3,6,8H2,1H3,(H,14,15)/t10-/m1/s1. The van der Waals surface area contributed by atoms with Gasteiger partial charge in [-0.3, -0.25) is 0 Å². The number of ether oxygens (including phenoxy) is 2. The van der Waals surface area contributed by atoms with Crippen LogP contribution < -0.4 is 10.1 Å². The Morgan fingerprint density at radius 3 is 3.28 bits per heavy atom. The minimum absolute atomic E-state index is 0.339. The number of nitrogens with zero attached hydrogens (tertiary/aromatic N) is 1. The number of aromatic nitrogens is 1. The van der Waals surface area contributed by atoms with E-state index in [1.54, 1.807) is 18.4 Å². The minimum Gasteiger partial charge on any atom is -0.497 e. The molecule has 0 saturated carbocycles. The minimum atomic E-state index is 0.339. The maximum atomic E-state index is 5.58. The Labute approximate surface area is 110 Å². The van der Waals surface area contributed by atoms with E-state index >= 15 is 0 Å². The van der Waals surface area contributed by atoms with Crippen LogP contribution >= 0.6 is 11.3 Å². The van der Waals surface area contributed by atoms with E-state index in [2.05, 4.69) is 10.3 Å². The van der Waals surface area contributed by atoms with Gasteiger partial charge in [0.15, 0.2) is 5.13 Å². The summed E-state index contributed by atoms with van der Waals surface area (Å²) in [4.78, 5) is 4.55. The van der Waals surface area contributed by atoms with Crippen LogP contribution in [0.1, 0.15) is 12.8 Å². The molecule has 0 unspecified atom stereocenters. The Balaban J connectivity index is 1.72. The summed E-state index contributed by atoms with van der Waals surface area (Å²) in [5, 5.41) is 4.31. The van der Waals surface area contributed by atoms with E-state index < -0.39 is 0 Å². The second-order valence-corrected chi connectivity index (χ2v) is 5.40. The smallest absolute Gasteiger partial charge is 0.183 e. The summed E-state index contributed by atoms with van der Waals surface area (Å²) in [6.45, 7) is 1.74. The van der Waals surface area contributed by atoms with E-state index in [0.29, 0.717) is 6.10 Å². The fourth-order valence-electron chi connectivity index (χ4n) is 2.12. The van der Waals surface area contributed by atoms with Crippen LogP contribution in [-0.2, 0) is 4.74 Å². The fraction of sp³-hybridized carbons (Fsp3) is 0.462. The number of rotatable bonds is 4. The second kappa shape index (κ2) is 5.12. The van der Waals surface area contributed by atoms with Gasteiger partial charge in [0.1, 0.15) is 5.75 Å². The Hall–Kier alpha value is -1.33. The molecular formula is C13H16N2O2S. The number of fused-ring (bicyclic) bond motifs is 1. The van der Waals surface area contributed by atoms with E-state index in [9.17, 15) is 0 Å². The van der Waals surface area contributed by atoms with Crippen molar-refractivity contribution >= 4 is 26.7 Å². The zero-order valence-electron chi connectivity index (χ0n) is 10.3. The number of methoxy groups -OCH3 is 1. The summed E-state index contributed by atoms with van der Waals surface area (Å²) in [5.41, 5.74) is 0.981. The van der Waals surface area contributed by atoms with Crippen molar-refractivity contribution < 1.29 is 9.47 Å². The third-order valence-corrected chi connectivity index (χ3v) is 4.09. The Bertz CT molecular complexity index is 535. The molecular weight excluding hydrogens is 248 g/mol. The Morgan fingerprint density at radius 1 is 1.56 bits per heavy atom. The van der Waals surface area contributed by atoms with Crippen LogP contribution in [-0.4, -0.2) is 31.3 Å². The highest BCUT2D eigenvalue weighted by atomic mass is 32.1. The summed E-state index contributed by atoms with van der Waals surface area (Å²) in [7, 11) is 1.67. The van der Waals surface area contributed by atoms with Crippen LogP contribution in [0.4, 0.5) is 5.13 Å². The summed E-state index contributed by atoms with van der Waals surface area (Å²) in [6, 6.07) is 5.97. The van der Waals surface area contributed by atoms with E-state index in [1.807, 2.05) is 18.2 Å². The monoisotopic (exact) mass is 264 g/mol. The van der Waals surface area contributed by atoms with Gasteiger partial charge in [0, 0.05) is 19.2 Å². The van der Waals surface area contributed by atoms with Gasteiger partial charge in [0.2, 0.25) is 0 Å². The second-order valence-electron chi connectivity index (χ2n) is 4.37. The van der Waals surface area contributed by atoms with Crippen LogP contribution in [0, 0.1) is 0 Å². The third-order valence-electron chi connectivity index (χ3n) is 3.10. The average Bonchev–Trinajstić information content (AvgIpc) is 3.04. The Morgan fingerprint density at radius 2 is 2.50 bits per heavy atom. The topological polar surface area (TPSA) is 43.4 Å². The predicted molar refractivity (Wildman–Crippen MR) is 73.6 cm³/mol. The molecule has 4 nitrogen and oxygen atoms in total. The first kappa shape index (κ1) is 11.7. The lowest BCUT2D eigenvalue weighted by molar-refractivity contribution is 0.120. The first-order chi connectivity index (χ1) is 8.85. The number of hydrogen-bond acceptors (Lipinski definition) is 5. The quantitative estimate of drug-likeness (QED) is 0.922. The van der Waals surface area contributed by atoms with E-state index in [4.69, 9.17) is 9.47 Å². The normalized spacial score (nSPS) is 19.3. The van der Waals surface area contributed by atoms with Gasteiger partial charge >= 0.3 is 0 Å². The molecule has 2 aromatic rings.